The molecule has 3 amide bonds. The number of hydrogen-bond acceptors (Lipinski definition) is 10. The summed E-state index contributed by atoms with van der Waals surface area (Å²) in [4.78, 5) is 40.8. The fourth-order valence-electron chi connectivity index (χ4n) is 4.67. The summed E-state index contributed by atoms with van der Waals surface area (Å²) in [5.41, 5.74) is 0.436. The van der Waals surface area contributed by atoms with Crippen LogP contribution in [0.25, 0.3) is 0 Å². The van der Waals surface area contributed by atoms with Crippen LogP contribution in [-0.4, -0.2) is 75.0 Å². The number of nitrogens with one attached hydrogen (secondary N) is 1. The second kappa shape index (κ2) is 9.75. The molecule has 3 N–H and O–H groups in total. The summed E-state index contributed by atoms with van der Waals surface area (Å²) in [5, 5.41) is 31.3. The molecule has 0 radical (unpaired) electrons. The van der Waals surface area contributed by atoms with Gasteiger partial charge in [0.25, 0.3) is 5.91 Å². The maximum atomic E-state index is 13.0. The molecule has 2 saturated heterocycles. The van der Waals surface area contributed by atoms with Gasteiger partial charge in [-0.25, -0.2) is 23.0 Å². The summed E-state index contributed by atoms with van der Waals surface area (Å²) in [6, 6.07) is 3.95. The summed E-state index contributed by atoms with van der Waals surface area (Å²) < 4.78 is 24.2. The van der Waals surface area contributed by atoms with E-state index in [-0.39, 0.29) is 59.2 Å². The minimum absolute atomic E-state index is 0. The van der Waals surface area contributed by atoms with Gasteiger partial charge in [-0.3, -0.25) is 4.79 Å². The third kappa shape index (κ3) is 4.41. The molecule has 0 spiro atoms. The van der Waals surface area contributed by atoms with Crippen molar-refractivity contribution < 1.29 is 57.5 Å². The van der Waals surface area contributed by atoms with Gasteiger partial charge in [-0.2, -0.15) is 0 Å². The first-order valence-electron chi connectivity index (χ1n) is 10.4. The molecule has 2 aromatic rings. The Morgan fingerprint density at radius 1 is 1.28 bits per heavy atom. The molecule has 5 rings (SSSR count). The van der Waals surface area contributed by atoms with Crippen molar-refractivity contribution in [1.29, 1.82) is 0 Å². The average Bonchev–Trinajstić information content (AvgIpc) is 3.36. The number of likely N-dealkylation sites (tertiary alicyclic amines) is 1. The van der Waals surface area contributed by atoms with Crippen LogP contribution in [0.5, 0.6) is 0 Å². The van der Waals surface area contributed by atoms with Crippen molar-refractivity contribution in [3.63, 3.8) is 0 Å². The molecule has 184 valence electrons. The van der Waals surface area contributed by atoms with Gasteiger partial charge in [0.2, 0.25) is 15.2 Å². The first-order chi connectivity index (χ1) is 16.6. The molecule has 3 aliphatic rings. The average molecular weight is 543 g/mol. The molecule has 3 atom stereocenters. The Morgan fingerprint density at radius 2 is 1.97 bits per heavy atom. The van der Waals surface area contributed by atoms with Crippen LogP contribution in [0.3, 0.4) is 0 Å². The summed E-state index contributed by atoms with van der Waals surface area (Å²) in [6.45, 7) is 0.338. The van der Waals surface area contributed by atoms with Gasteiger partial charge in [0.05, 0.1) is 22.6 Å². The summed E-state index contributed by atoms with van der Waals surface area (Å²) in [7, 11) is -2.20. The number of primary sulfonamides is 1. The number of carboxylic acids is 1. The van der Waals surface area contributed by atoms with Gasteiger partial charge in [0.15, 0.2) is 0 Å². The van der Waals surface area contributed by atoms with E-state index in [4.69, 9.17) is 5.14 Å². The van der Waals surface area contributed by atoms with Crippen molar-refractivity contribution in [2.75, 3.05) is 6.54 Å². The molecule has 17 heteroatoms. The number of hydrogen-bond donors (Lipinski definition) is 2. The van der Waals surface area contributed by atoms with Gasteiger partial charge in [0, 0.05) is 31.0 Å². The molecule has 0 aliphatic carbocycles. The normalized spacial score (nSPS) is 22.6. The minimum atomic E-state index is -3.82. The number of tetrazole rings is 1. The molecule has 36 heavy (non-hydrogen) atoms. The second-order valence-corrected chi connectivity index (χ2v) is 10.8. The number of carbonyl (C=O) groups excluding carboxylic acids is 3. The van der Waals surface area contributed by atoms with E-state index in [0.29, 0.717) is 22.0 Å². The smallest absolute Gasteiger partial charge is 0.543 e. The number of sulfonamides is 1. The first-order valence-corrected chi connectivity index (χ1v) is 12.8. The van der Waals surface area contributed by atoms with Gasteiger partial charge < -0.3 is 25.0 Å². The Hall–Kier alpha value is -2.50. The summed E-state index contributed by atoms with van der Waals surface area (Å²) in [6.07, 6.45) is 0.436. The zero-order chi connectivity index (χ0) is 25.1. The number of carboxylic acid groups (broad SMARTS) is 1. The van der Waals surface area contributed by atoms with E-state index in [1.165, 1.54) is 38.7 Å². The van der Waals surface area contributed by atoms with E-state index in [0.717, 1.165) is 11.8 Å². The predicted molar refractivity (Wildman–Crippen MR) is 116 cm³/mol. The van der Waals surface area contributed by atoms with E-state index in [1.807, 2.05) is 0 Å². The fourth-order valence-corrected chi connectivity index (χ4v) is 6.32. The number of carbonyl (C=O) groups is 3. The van der Waals surface area contributed by atoms with Crippen molar-refractivity contribution in [2.45, 2.75) is 35.1 Å². The van der Waals surface area contributed by atoms with Crippen LogP contribution in [0, 0.1) is 5.92 Å². The van der Waals surface area contributed by atoms with Crippen LogP contribution in [0.4, 0.5) is 4.79 Å². The van der Waals surface area contributed by atoms with E-state index in [1.54, 1.807) is 7.05 Å². The van der Waals surface area contributed by atoms with E-state index in [2.05, 4.69) is 20.8 Å². The van der Waals surface area contributed by atoms with Crippen molar-refractivity contribution in [2.24, 2.45) is 18.1 Å². The van der Waals surface area contributed by atoms with Crippen molar-refractivity contribution in [1.82, 2.24) is 35.3 Å². The quantitative estimate of drug-likeness (QED) is 0.263. The number of nitrogens with two attached hydrogens (primary N) is 1. The van der Waals surface area contributed by atoms with Gasteiger partial charge in [-0.1, -0.05) is 23.9 Å². The van der Waals surface area contributed by atoms with Gasteiger partial charge >= 0.3 is 35.6 Å². The molecule has 3 aliphatic heterocycles. The van der Waals surface area contributed by atoms with Crippen LogP contribution in [-0.2, 0) is 33.2 Å². The van der Waals surface area contributed by atoms with E-state index < -0.39 is 40.0 Å². The summed E-state index contributed by atoms with van der Waals surface area (Å²) in [5.74, 6) is -2.25. The molecule has 0 saturated carbocycles. The third-order valence-corrected chi connectivity index (χ3v) is 8.46. The van der Waals surface area contributed by atoms with Gasteiger partial charge in [-0.05, 0) is 34.5 Å². The van der Waals surface area contributed by atoms with Crippen molar-refractivity contribution >= 4 is 39.7 Å². The maximum absolute atomic E-state index is 13.0. The molecule has 1 aromatic carbocycles. The van der Waals surface area contributed by atoms with Crippen LogP contribution >= 0.6 is 11.8 Å². The van der Waals surface area contributed by atoms with Crippen LogP contribution in [0.15, 0.2) is 44.9 Å². The third-order valence-electron chi connectivity index (χ3n) is 6.28. The zero-order valence-electron chi connectivity index (χ0n) is 19.2. The predicted octanol–water partition coefficient (Wildman–Crippen LogP) is -5.26. The number of amides is 3. The van der Waals surface area contributed by atoms with Crippen LogP contribution < -0.4 is 45.1 Å². The Bertz CT molecular complexity index is 1380. The fraction of sp³-hybridized carbons (Fsp3) is 0.368. The molecule has 4 heterocycles. The summed E-state index contributed by atoms with van der Waals surface area (Å²) >= 11 is 1.08. The number of aliphatic carboxylic acids is 1. The maximum Gasteiger partial charge on any atom is 1.00 e. The van der Waals surface area contributed by atoms with Gasteiger partial charge in [0.1, 0.15) is 6.04 Å². The Labute approximate surface area is 231 Å². The van der Waals surface area contributed by atoms with Gasteiger partial charge in [-0.15, -0.1) is 5.10 Å². The molecule has 1 aromatic heterocycles. The number of benzene rings is 1. The molecule has 2 fully saturated rings. The zero-order valence-corrected chi connectivity index (χ0v) is 22.8. The number of aryl methyl sites for hydroxylation is 1. The van der Waals surface area contributed by atoms with Crippen molar-refractivity contribution in [3.8, 4) is 0 Å². The minimum Gasteiger partial charge on any atom is -0.543 e. The number of rotatable bonds is 6. The Morgan fingerprint density at radius 3 is 2.56 bits per heavy atom. The van der Waals surface area contributed by atoms with Crippen LogP contribution in [0.1, 0.15) is 12.0 Å². The second-order valence-electron chi connectivity index (χ2n) is 8.27. The van der Waals surface area contributed by atoms with Crippen LogP contribution in [0.2, 0.25) is 0 Å². The molecule has 14 nitrogen and oxygen atoms in total. The molecule has 0 bridgehead atoms. The number of urea groups is 1. The first kappa shape index (κ1) is 26.6. The SMILES string of the molecule is Cn1nnnc1SC1=C(C(=O)[O-])N2C(=O)[C@@H]3[C@H]2C1CCN3C(=O)NCc1ccc(S(N)(=O)=O)cc1.[Na+]. The monoisotopic (exact) mass is 542 g/mol. The standard InChI is InChI=1S/C19H20N8O6S2.Na/c1-25-19(22-23-24-25)34-15-11-6-7-26(13-12(11)27(16(13)28)14(15)17(29)30)18(31)21-8-9-2-4-10(5-3-9)35(20,32)33;/h2-5,11-13H,6-8H2,1H3,(H,21,31)(H,29,30)(H2,20,32,33);/q;+1/p-1/t11?,12-,13+;/m1./s1. The number of thioether (sulfide) groups is 1. The number of aromatic nitrogens is 4. The molecular weight excluding hydrogens is 523 g/mol. The van der Waals surface area contributed by atoms with E-state index >= 15 is 0 Å². The number of nitrogens with zero attached hydrogens (tertiary/aromatic N) is 6. The van der Waals surface area contributed by atoms with Crippen molar-refractivity contribution in [3.05, 3.63) is 40.4 Å². The number of β-lactam (4-membered cyclic amide) rings is 1. The number of piperidine rings is 1. The van der Waals surface area contributed by atoms with E-state index in [9.17, 15) is 27.9 Å². The molecule has 1 unspecified atom stereocenters. The largest absolute Gasteiger partial charge is 1.00 e. The molecular formula is C19H19N8NaO6S2. The Balaban J connectivity index is 0.00000304. The Kier molecular flexibility index (Phi) is 7.20. The topological polar surface area (TPSA) is 197 Å².